The van der Waals surface area contributed by atoms with Gasteiger partial charge in [0.05, 0.1) is 12.4 Å². The Labute approximate surface area is 136 Å². The van der Waals surface area contributed by atoms with Gasteiger partial charge in [-0.25, -0.2) is 4.79 Å². The van der Waals surface area contributed by atoms with E-state index in [0.717, 1.165) is 7.11 Å². The molecule has 0 bridgehead atoms. The highest BCUT2D eigenvalue weighted by Gasteiger charge is 2.45. The first-order valence-corrected chi connectivity index (χ1v) is 8.00. The molecule has 1 rings (SSSR count). The lowest BCUT2D eigenvalue weighted by Gasteiger charge is -2.36. The fourth-order valence-electron chi connectivity index (χ4n) is 2.48. The minimum Gasteiger partial charge on any atom is -0.465 e. The Hall–Kier alpha value is -1.05. The number of carbonyl (C=O) groups excluding carboxylic acids is 2. The van der Waals surface area contributed by atoms with Crippen LogP contribution < -0.4 is 0 Å². The summed E-state index contributed by atoms with van der Waals surface area (Å²) in [5.41, 5.74) is -2.12. The summed E-state index contributed by atoms with van der Waals surface area (Å²) in [4.78, 5) is 23.1. The molecule has 3 nitrogen and oxygen atoms in total. The van der Waals surface area contributed by atoms with Crippen LogP contribution in [0.4, 0.5) is 17.6 Å². The van der Waals surface area contributed by atoms with Crippen molar-refractivity contribution in [2.75, 3.05) is 7.11 Å². The van der Waals surface area contributed by atoms with Crippen LogP contribution in [-0.4, -0.2) is 30.3 Å². The summed E-state index contributed by atoms with van der Waals surface area (Å²) in [7, 11) is 0.743. The van der Waals surface area contributed by atoms with Crippen molar-refractivity contribution in [3.8, 4) is 0 Å². The Morgan fingerprint density at radius 2 is 1.83 bits per heavy atom. The molecule has 0 spiro atoms. The Morgan fingerprint density at radius 1 is 1.26 bits per heavy atom. The fourth-order valence-corrected chi connectivity index (χ4v) is 3.62. The van der Waals surface area contributed by atoms with Crippen LogP contribution in [0, 0.1) is 11.3 Å². The molecule has 0 aromatic carbocycles. The Morgan fingerprint density at radius 3 is 2.26 bits per heavy atom. The molecule has 0 heterocycles. The maximum atomic E-state index is 14.1. The van der Waals surface area contributed by atoms with Crippen molar-refractivity contribution in [1.82, 2.24) is 0 Å². The van der Waals surface area contributed by atoms with Gasteiger partial charge in [-0.3, -0.25) is 4.79 Å². The van der Waals surface area contributed by atoms with Gasteiger partial charge in [0.15, 0.2) is 10.7 Å². The molecule has 0 N–H and O–H groups in total. The molecular weight excluding hydrogens is 336 g/mol. The third kappa shape index (κ3) is 5.22. The first-order valence-electron chi connectivity index (χ1n) is 7.12. The number of Topliss-reactive ketones (excluding diaryl/α,β-unsaturated/α-hetero) is 1. The van der Waals surface area contributed by atoms with E-state index in [1.54, 1.807) is 0 Å². The smallest absolute Gasteiger partial charge is 0.426 e. The van der Waals surface area contributed by atoms with Crippen molar-refractivity contribution in [1.29, 1.82) is 0 Å². The molecule has 23 heavy (non-hydrogen) atoms. The minimum atomic E-state index is -5.18. The minimum absolute atomic E-state index is 0.0953. The van der Waals surface area contributed by atoms with E-state index in [0.29, 0.717) is 6.42 Å². The second-order valence-corrected chi connectivity index (χ2v) is 7.71. The molecule has 1 fully saturated rings. The predicted octanol–water partition coefficient (Wildman–Crippen LogP) is 4.42. The summed E-state index contributed by atoms with van der Waals surface area (Å²) >= 11 is 0.170. The molecule has 1 aliphatic rings. The molecule has 0 aliphatic heterocycles. The quantitative estimate of drug-likeness (QED) is 0.427. The van der Waals surface area contributed by atoms with Gasteiger partial charge in [0.1, 0.15) is 5.78 Å². The summed E-state index contributed by atoms with van der Waals surface area (Å²) in [6, 6.07) is 0. The topological polar surface area (TPSA) is 43.4 Å². The molecule has 0 aromatic rings. The van der Waals surface area contributed by atoms with Crippen molar-refractivity contribution >= 4 is 23.5 Å². The highest BCUT2D eigenvalue weighted by Crippen LogP contribution is 2.44. The van der Waals surface area contributed by atoms with Gasteiger partial charge >= 0.3 is 12.1 Å². The molecule has 132 valence electrons. The van der Waals surface area contributed by atoms with Gasteiger partial charge in [0.2, 0.25) is 0 Å². The molecule has 0 saturated heterocycles. The van der Waals surface area contributed by atoms with Crippen LogP contribution in [0.2, 0.25) is 0 Å². The van der Waals surface area contributed by atoms with E-state index in [1.165, 1.54) is 0 Å². The zero-order valence-electron chi connectivity index (χ0n) is 13.4. The Kier molecular flexibility index (Phi) is 6.29. The Bertz CT molecular complexity index is 506. The van der Waals surface area contributed by atoms with Crippen LogP contribution in [-0.2, 0) is 14.3 Å². The highest BCUT2D eigenvalue weighted by molar-refractivity contribution is 8.04. The first kappa shape index (κ1) is 20.0. The number of ether oxygens (including phenoxy) is 1. The summed E-state index contributed by atoms with van der Waals surface area (Å²) < 4.78 is 56.5. The monoisotopic (exact) mass is 356 g/mol. The second kappa shape index (κ2) is 7.23. The third-order valence-electron chi connectivity index (χ3n) is 3.94. The SMILES string of the molecule is COC(=O)/C(=C(/F)S[C@H]1C[C@H](C(C)(C)C)CCC1=O)C(F)(F)F. The zero-order valence-corrected chi connectivity index (χ0v) is 14.2. The van der Waals surface area contributed by atoms with E-state index < -0.39 is 28.1 Å². The van der Waals surface area contributed by atoms with Gasteiger partial charge in [0.25, 0.3) is 0 Å². The fraction of sp³-hybridized carbons (Fsp3) is 0.733. The van der Waals surface area contributed by atoms with Crippen LogP contribution in [0.5, 0.6) is 0 Å². The van der Waals surface area contributed by atoms with Crippen molar-refractivity contribution in [3.05, 3.63) is 10.7 Å². The van der Waals surface area contributed by atoms with E-state index in [9.17, 15) is 27.2 Å². The van der Waals surface area contributed by atoms with Gasteiger partial charge < -0.3 is 4.74 Å². The average Bonchev–Trinajstić information content (AvgIpc) is 2.38. The van der Waals surface area contributed by atoms with Gasteiger partial charge in [-0.1, -0.05) is 32.5 Å². The average molecular weight is 356 g/mol. The van der Waals surface area contributed by atoms with E-state index in [2.05, 4.69) is 4.74 Å². The van der Waals surface area contributed by atoms with Crippen LogP contribution in [0.1, 0.15) is 40.0 Å². The number of methoxy groups -OCH3 is 1. The molecule has 0 amide bonds. The van der Waals surface area contributed by atoms with Gasteiger partial charge in [-0.05, 0) is 24.2 Å². The largest absolute Gasteiger partial charge is 0.465 e. The Balaban J connectivity index is 3.04. The molecule has 0 aromatic heterocycles. The first-order chi connectivity index (χ1) is 10.4. The molecule has 1 aliphatic carbocycles. The zero-order chi connectivity index (χ0) is 18.0. The lowest BCUT2D eigenvalue weighted by atomic mass is 9.72. The van der Waals surface area contributed by atoms with Crippen LogP contribution in [0.3, 0.4) is 0 Å². The number of rotatable bonds is 3. The van der Waals surface area contributed by atoms with Crippen LogP contribution in [0.25, 0.3) is 0 Å². The number of ketones is 1. The van der Waals surface area contributed by atoms with Crippen molar-refractivity contribution in [3.63, 3.8) is 0 Å². The standard InChI is InChI=1S/C15H20F4O3S/c1-14(2,3)8-5-6-9(20)10(7-8)23-12(16)11(13(21)22-4)15(17,18)19/h8,10H,5-7H2,1-4H3/b12-11+/t8-,10+/m1/s1. The van der Waals surface area contributed by atoms with Gasteiger partial charge in [0, 0.05) is 6.42 Å². The number of esters is 1. The van der Waals surface area contributed by atoms with E-state index in [-0.39, 0.29) is 41.7 Å². The molecule has 1 saturated carbocycles. The van der Waals surface area contributed by atoms with E-state index in [1.807, 2.05) is 20.8 Å². The van der Waals surface area contributed by atoms with Crippen molar-refractivity contribution in [2.24, 2.45) is 11.3 Å². The lowest BCUT2D eigenvalue weighted by molar-refractivity contribution is -0.148. The maximum absolute atomic E-state index is 14.1. The summed E-state index contributed by atoms with van der Waals surface area (Å²) in [5.74, 6) is -1.99. The van der Waals surface area contributed by atoms with Gasteiger partial charge in [-0.15, -0.1) is 0 Å². The molecular formula is C15H20F4O3S. The molecule has 2 atom stereocenters. The van der Waals surface area contributed by atoms with E-state index in [4.69, 9.17) is 0 Å². The number of halogens is 4. The number of hydrogen-bond acceptors (Lipinski definition) is 4. The van der Waals surface area contributed by atoms with Crippen LogP contribution in [0.15, 0.2) is 10.7 Å². The maximum Gasteiger partial charge on any atom is 0.426 e. The highest BCUT2D eigenvalue weighted by atomic mass is 32.2. The third-order valence-corrected chi connectivity index (χ3v) is 5.09. The summed E-state index contributed by atoms with van der Waals surface area (Å²) in [6.07, 6.45) is -4.06. The second-order valence-electron chi connectivity index (χ2n) is 6.55. The van der Waals surface area contributed by atoms with E-state index >= 15 is 0 Å². The van der Waals surface area contributed by atoms with Crippen molar-refractivity contribution < 1.29 is 31.9 Å². The number of hydrogen-bond donors (Lipinski definition) is 0. The summed E-state index contributed by atoms with van der Waals surface area (Å²) in [6.45, 7) is 5.91. The lowest BCUT2D eigenvalue weighted by Crippen LogP contribution is -2.34. The number of carbonyl (C=O) groups is 2. The van der Waals surface area contributed by atoms with Gasteiger partial charge in [-0.2, -0.15) is 17.6 Å². The predicted molar refractivity (Wildman–Crippen MR) is 79.4 cm³/mol. The number of alkyl halides is 3. The van der Waals surface area contributed by atoms with Crippen molar-refractivity contribution in [2.45, 2.75) is 51.5 Å². The molecule has 0 unspecified atom stereocenters. The van der Waals surface area contributed by atoms with Crippen LogP contribution >= 0.6 is 11.8 Å². The summed E-state index contributed by atoms with van der Waals surface area (Å²) in [5, 5.41) is -2.63. The normalized spacial score (nSPS) is 24.3. The molecule has 8 heteroatoms. The molecule has 0 radical (unpaired) electrons. The number of thioether (sulfide) groups is 1.